The Bertz CT molecular complexity index is 534. The molecule has 2 nitrogen and oxygen atoms in total. The zero-order valence-corrected chi connectivity index (χ0v) is 11.7. The van der Waals surface area contributed by atoms with Crippen molar-refractivity contribution in [2.75, 3.05) is 5.32 Å². The summed E-state index contributed by atoms with van der Waals surface area (Å²) >= 11 is 7.72. The van der Waals surface area contributed by atoms with E-state index in [4.69, 9.17) is 11.6 Å². The van der Waals surface area contributed by atoms with Crippen LogP contribution in [0.15, 0.2) is 18.3 Å². The third-order valence-electron chi connectivity index (χ3n) is 2.64. The summed E-state index contributed by atoms with van der Waals surface area (Å²) < 4.78 is 0. The Morgan fingerprint density at radius 2 is 2.06 bits per heavy atom. The summed E-state index contributed by atoms with van der Waals surface area (Å²) in [4.78, 5) is 6.84. The fraction of sp³-hybridized carbons (Fsp3) is 0.308. The van der Waals surface area contributed by atoms with Crippen LogP contribution < -0.4 is 5.32 Å². The zero-order chi connectivity index (χ0) is 12.4. The highest BCUT2D eigenvalue weighted by Gasteiger charge is 2.03. The first-order valence-electron chi connectivity index (χ1n) is 5.48. The lowest BCUT2D eigenvalue weighted by atomic mass is 10.2. The molecule has 0 fully saturated rings. The summed E-state index contributed by atoms with van der Waals surface area (Å²) in [6.45, 7) is 7.08. The van der Waals surface area contributed by atoms with Crippen molar-refractivity contribution in [2.24, 2.45) is 0 Å². The maximum absolute atomic E-state index is 5.89. The Hall–Kier alpha value is -1.06. The molecule has 90 valence electrons. The molecule has 0 aromatic carbocycles. The first-order chi connectivity index (χ1) is 8.06. The minimum absolute atomic E-state index is 0.568. The Morgan fingerprint density at radius 1 is 1.29 bits per heavy atom. The summed E-state index contributed by atoms with van der Waals surface area (Å²) in [6.07, 6.45) is 1.77. The standard InChI is InChI=1S/C13H15ClN2S/c1-8-4-12(7-16-13(8)14)15-6-11-5-9(2)17-10(11)3/h4-5,7,15H,6H2,1-3H3. The molecule has 2 aromatic heterocycles. The molecule has 17 heavy (non-hydrogen) atoms. The average molecular weight is 267 g/mol. The Balaban J connectivity index is 2.07. The van der Waals surface area contributed by atoms with Gasteiger partial charge in [-0.05, 0) is 44.0 Å². The molecule has 0 amide bonds. The van der Waals surface area contributed by atoms with E-state index in [2.05, 4.69) is 30.2 Å². The summed E-state index contributed by atoms with van der Waals surface area (Å²) in [5, 5.41) is 3.94. The van der Waals surface area contributed by atoms with Crippen molar-refractivity contribution in [2.45, 2.75) is 27.3 Å². The van der Waals surface area contributed by atoms with Crippen LogP contribution >= 0.6 is 22.9 Å². The number of pyridine rings is 1. The van der Waals surface area contributed by atoms with Gasteiger partial charge in [0, 0.05) is 16.3 Å². The number of nitrogens with zero attached hydrogens (tertiary/aromatic N) is 1. The summed E-state index contributed by atoms with van der Waals surface area (Å²) in [5.41, 5.74) is 3.35. The van der Waals surface area contributed by atoms with Crippen LogP contribution in [0, 0.1) is 20.8 Å². The summed E-state index contributed by atoms with van der Waals surface area (Å²) in [5.74, 6) is 0. The molecule has 0 saturated carbocycles. The molecule has 0 aliphatic heterocycles. The minimum Gasteiger partial charge on any atom is -0.380 e. The molecule has 0 aliphatic carbocycles. The lowest BCUT2D eigenvalue weighted by Gasteiger charge is -2.07. The molecule has 2 rings (SSSR count). The van der Waals surface area contributed by atoms with Crippen molar-refractivity contribution in [3.05, 3.63) is 44.4 Å². The van der Waals surface area contributed by atoms with Crippen molar-refractivity contribution in [3.63, 3.8) is 0 Å². The molecule has 0 aliphatic rings. The van der Waals surface area contributed by atoms with Gasteiger partial charge in [0.1, 0.15) is 5.15 Å². The topological polar surface area (TPSA) is 24.9 Å². The minimum atomic E-state index is 0.568. The van der Waals surface area contributed by atoms with E-state index < -0.39 is 0 Å². The average Bonchev–Trinajstić information content (AvgIpc) is 2.59. The van der Waals surface area contributed by atoms with Gasteiger partial charge in [-0.1, -0.05) is 11.6 Å². The molecule has 1 N–H and O–H groups in total. The molecule has 0 spiro atoms. The molecule has 2 heterocycles. The number of hydrogen-bond donors (Lipinski definition) is 1. The fourth-order valence-corrected chi connectivity index (χ4v) is 2.76. The van der Waals surface area contributed by atoms with Gasteiger partial charge < -0.3 is 5.32 Å². The van der Waals surface area contributed by atoms with Gasteiger partial charge in [-0.25, -0.2) is 4.98 Å². The van der Waals surface area contributed by atoms with Crippen LogP contribution in [0.4, 0.5) is 5.69 Å². The van der Waals surface area contributed by atoms with Crippen LogP contribution in [0.25, 0.3) is 0 Å². The third-order valence-corrected chi connectivity index (χ3v) is 4.05. The summed E-state index contributed by atoms with van der Waals surface area (Å²) in [6, 6.07) is 4.24. The molecule has 0 unspecified atom stereocenters. The van der Waals surface area contributed by atoms with E-state index in [9.17, 15) is 0 Å². The van der Waals surface area contributed by atoms with Crippen LogP contribution in [-0.4, -0.2) is 4.98 Å². The number of aromatic nitrogens is 1. The number of nitrogens with one attached hydrogen (secondary N) is 1. The van der Waals surface area contributed by atoms with Crippen molar-refractivity contribution in [1.29, 1.82) is 0 Å². The second kappa shape index (κ2) is 5.07. The van der Waals surface area contributed by atoms with Crippen LogP contribution in [0.3, 0.4) is 0 Å². The Morgan fingerprint density at radius 3 is 2.65 bits per heavy atom. The van der Waals surface area contributed by atoms with Crippen molar-refractivity contribution < 1.29 is 0 Å². The molecular weight excluding hydrogens is 252 g/mol. The van der Waals surface area contributed by atoms with Gasteiger partial charge in [-0.2, -0.15) is 0 Å². The SMILES string of the molecule is Cc1cc(CNc2cnc(Cl)c(C)c2)c(C)s1. The van der Waals surface area contributed by atoms with Gasteiger partial charge >= 0.3 is 0 Å². The summed E-state index contributed by atoms with van der Waals surface area (Å²) in [7, 11) is 0. The second-order valence-electron chi connectivity index (χ2n) is 4.12. The van der Waals surface area contributed by atoms with Crippen LogP contribution in [0.2, 0.25) is 5.15 Å². The first-order valence-corrected chi connectivity index (χ1v) is 6.67. The Labute approximate surface area is 111 Å². The smallest absolute Gasteiger partial charge is 0.132 e. The van der Waals surface area contributed by atoms with Gasteiger partial charge in [0.25, 0.3) is 0 Å². The van der Waals surface area contributed by atoms with Gasteiger partial charge in [-0.3, -0.25) is 0 Å². The zero-order valence-electron chi connectivity index (χ0n) is 10.2. The van der Waals surface area contributed by atoms with Crippen molar-refractivity contribution in [3.8, 4) is 0 Å². The quantitative estimate of drug-likeness (QED) is 0.837. The molecule has 4 heteroatoms. The molecule has 0 radical (unpaired) electrons. The fourth-order valence-electron chi connectivity index (χ4n) is 1.71. The molecule has 0 atom stereocenters. The number of aryl methyl sites for hydroxylation is 3. The number of thiophene rings is 1. The maximum atomic E-state index is 5.89. The lowest BCUT2D eigenvalue weighted by molar-refractivity contribution is 1.12. The highest BCUT2D eigenvalue weighted by Crippen LogP contribution is 2.22. The van der Waals surface area contributed by atoms with E-state index in [0.717, 1.165) is 17.8 Å². The molecular formula is C13H15ClN2S. The van der Waals surface area contributed by atoms with E-state index >= 15 is 0 Å². The molecule has 0 bridgehead atoms. The third kappa shape index (κ3) is 2.99. The van der Waals surface area contributed by atoms with E-state index in [1.807, 2.05) is 24.3 Å². The Kier molecular flexibility index (Phi) is 3.69. The number of halogens is 1. The van der Waals surface area contributed by atoms with Gasteiger partial charge in [0.15, 0.2) is 0 Å². The number of hydrogen-bond acceptors (Lipinski definition) is 3. The van der Waals surface area contributed by atoms with Gasteiger partial charge in [0.05, 0.1) is 11.9 Å². The largest absolute Gasteiger partial charge is 0.380 e. The number of anilines is 1. The van der Waals surface area contributed by atoms with E-state index in [1.165, 1.54) is 15.3 Å². The van der Waals surface area contributed by atoms with Crippen LogP contribution in [-0.2, 0) is 6.54 Å². The number of rotatable bonds is 3. The van der Waals surface area contributed by atoms with Crippen molar-refractivity contribution >= 4 is 28.6 Å². The van der Waals surface area contributed by atoms with Gasteiger partial charge in [-0.15, -0.1) is 11.3 Å². The normalized spacial score (nSPS) is 10.6. The molecule has 0 saturated heterocycles. The molecule has 2 aromatic rings. The lowest BCUT2D eigenvalue weighted by Crippen LogP contribution is -2.00. The van der Waals surface area contributed by atoms with Crippen LogP contribution in [0.1, 0.15) is 20.9 Å². The highest BCUT2D eigenvalue weighted by atomic mass is 35.5. The van der Waals surface area contributed by atoms with E-state index in [1.54, 1.807) is 6.20 Å². The van der Waals surface area contributed by atoms with Gasteiger partial charge in [0.2, 0.25) is 0 Å². The predicted molar refractivity (Wildman–Crippen MR) is 75.1 cm³/mol. The van der Waals surface area contributed by atoms with Crippen molar-refractivity contribution in [1.82, 2.24) is 4.98 Å². The van der Waals surface area contributed by atoms with Crippen LogP contribution in [0.5, 0.6) is 0 Å². The second-order valence-corrected chi connectivity index (χ2v) is 5.94. The van der Waals surface area contributed by atoms with E-state index in [0.29, 0.717) is 5.15 Å². The highest BCUT2D eigenvalue weighted by molar-refractivity contribution is 7.12. The monoisotopic (exact) mass is 266 g/mol. The maximum Gasteiger partial charge on any atom is 0.132 e. The van der Waals surface area contributed by atoms with E-state index in [-0.39, 0.29) is 0 Å². The predicted octanol–water partition coefficient (Wildman–Crippen LogP) is 4.33. The first kappa shape index (κ1) is 12.4.